The van der Waals surface area contributed by atoms with Gasteiger partial charge in [-0.2, -0.15) is 0 Å². The number of benzene rings is 3. The second kappa shape index (κ2) is 11.3. The van der Waals surface area contributed by atoms with Gasteiger partial charge in [0.05, 0.1) is 17.2 Å². The number of ether oxygens (including phenoxy) is 1. The van der Waals surface area contributed by atoms with Gasteiger partial charge >= 0.3 is 0 Å². The minimum absolute atomic E-state index is 0.134. The number of para-hydroxylation sites is 1. The first kappa shape index (κ1) is 24.6. The van der Waals surface area contributed by atoms with E-state index in [1.807, 2.05) is 13.0 Å². The largest absolute Gasteiger partial charge is 0.494 e. The van der Waals surface area contributed by atoms with Crippen LogP contribution in [0.25, 0.3) is 0 Å². The lowest BCUT2D eigenvalue weighted by Gasteiger charge is -2.24. The Morgan fingerprint density at radius 1 is 1.00 bits per heavy atom. The first-order valence-electron chi connectivity index (χ1n) is 11.9. The van der Waals surface area contributed by atoms with Gasteiger partial charge in [0.15, 0.2) is 0 Å². The summed E-state index contributed by atoms with van der Waals surface area (Å²) >= 11 is 0. The average molecular weight is 494 g/mol. The lowest BCUT2D eigenvalue weighted by atomic mass is 10.2. The molecule has 1 aliphatic rings. The third-order valence-electron chi connectivity index (χ3n) is 5.96. The molecule has 0 saturated heterocycles. The first-order chi connectivity index (χ1) is 17.0. The number of amides is 1. The zero-order chi connectivity index (χ0) is 24.7. The van der Waals surface area contributed by atoms with E-state index < -0.39 is 10.0 Å². The molecule has 0 saturated carbocycles. The molecule has 0 fully saturated rings. The lowest BCUT2D eigenvalue weighted by molar-refractivity contribution is -0.119. The molecule has 1 N–H and O–H groups in total. The smallest absolute Gasteiger partial charge is 0.264 e. The maximum atomic E-state index is 13.4. The Labute approximate surface area is 207 Å². The van der Waals surface area contributed by atoms with Gasteiger partial charge in [0.2, 0.25) is 5.91 Å². The second-order valence-corrected chi connectivity index (χ2v) is 10.2. The second-order valence-electron chi connectivity index (χ2n) is 8.32. The van der Waals surface area contributed by atoms with Crippen LogP contribution in [0.5, 0.6) is 5.75 Å². The van der Waals surface area contributed by atoms with E-state index in [1.54, 1.807) is 42.5 Å². The van der Waals surface area contributed by atoms with E-state index >= 15 is 0 Å². The first-order valence-corrected chi connectivity index (χ1v) is 13.3. The Morgan fingerprint density at radius 3 is 2.46 bits per heavy atom. The van der Waals surface area contributed by atoms with Crippen LogP contribution in [0.1, 0.15) is 18.9 Å². The van der Waals surface area contributed by atoms with E-state index in [-0.39, 0.29) is 17.3 Å². The Kier molecular flexibility index (Phi) is 7.92. The van der Waals surface area contributed by atoms with E-state index in [2.05, 4.69) is 28.4 Å². The molecule has 1 amide bonds. The molecular weight excluding hydrogens is 462 g/mol. The number of carbonyl (C=O) groups is 1. The average Bonchev–Trinajstić information content (AvgIpc) is 3.29. The van der Waals surface area contributed by atoms with Crippen molar-refractivity contribution in [3.63, 3.8) is 0 Å². The van der Waals surface area contributed by atoms with Crippen LogP contribution in [-0.2, 0) is 21.2 Å². The quantitative estimate of drug-likeness (QED) is 0.411. The molecule has 7 nitrogen and oxygen atoms in total. The summed E-state index contributed by atoms with van der Waals surface area (Å²) in [7, 11) is -3.93. The highest BCUT2D eigenvalue weighted by Gasteiger charge is 2.27. The van der Waals surface area contributed by atoms with Crippen molar-refractivity contribution in [2.24, 2.45) is 0 Å². The monoisotopic (exact) mass is 493 g/mol. The van der Waals surface area contributed by atoms with Gasteiger partial charge in [0, 0.05) is 25.3 Å². The molecule has 0 aliphatic carbocycles. The summed E-state index contributed by atoms with van der Waals surface area (Å²) in [5, 5.41) is 2.89. The molecular formula is C27H31N3O4S. The highest BCUT2D eigenvalue weighted by Crippen LogP contribution is 2.27. The number of hydrogen-bond donors (Lipinski definition) is 1. The Bertz CT molecular complexity index is 1230. The minimum atomic E-state index is -3.93. The van der Waals surface area contributed by atoms with Crippen LogP contribution in [0.2, 0.25) is 0 Å². The van der Waals surface area contributed by atoms with Crippen molar-refractivity contribution in [1.29, 1.82) is 0 Å². The fourth-order valence-corrected chi connectivity index (χ4v) is 5.67. The number of carbonyl (C=O) groups excluding carboxylic acids is 1. The Morgan fingerprint density at radius 2 is 1.71 bits per heavy atom. The zero-order valence-electron chi connectivity index (χ0n) is 19.9. The summed E-state index contributed by atoms with van der Waals surface area (Å²) < 4.78 is 33.4. The topological polar surface area (TPSA) is 79.0 Å². The van der Waals surface area contributed by atoms with E-state index in [0.717, 1.165) is 30.2 Å². The van der Waals surface area contributed by atoms with Crippen LogP contribution >= 0.6 is 0 Å². The van der Waals surface area contributed by atoms with E-state index in [0.29, 0.717) is 24.6 Å². The van der Waals surface area contributed by atoms with Crippen LogP contribution < -0.4 is 19.3 Å². The fourth-order valence-electron chi connectivity index (χ4n) is 4.23. The van der Waals surface area contributed by atoms with Gasteiger partial charge in [0.25, 0.3) is 10.0 Å². The van der Waals surface area contributed by atoms with Crippen LogP contribution in [0.3, 0.4) is 0 Å². The van der Waals surface area contributed by atoms with Crippen molar-refractivity contribution in [3.05, 3.63) is 84.4 Å². The fraction of sp³-hybridized carbons (Fsp3) is 0.296. The maximum absolute atomic E-state index is 13.4. The predicted octanol–water partition coefficient (Wildman–Crippen LogP) is 3.85. The molecule has 0 radical (unpaired) electrons. The van der Waals surface area contributed by atoms with E-state index in [9.17, 15) is 13.2 Å². The number of anilines is 2. The molecule has 0 spiro atoms. The highest BCUT2D eigenvalue weighted by atomic mass is 32.2. The standard InChI is InChI=1S/C27H31N3O4S/c1-2-34-24-15-13-23(14-16-24)30(35(32,33)25-10-4-3-5-11-25)21-27(31)28-18-8-19-29-20-17-22-9-6-7-12-26(22)29/h3-7,9-16H,2,8,17-21H2,1H3,(H,28,31). The number of rotatable bonds is 11. The summed E-state index contributed by atoms with van der Waals surface area (Å²) in [6, 6.07) is 23.3. The van der Waals surface area contributed by atoms with Gasteiger partial charge in [0.1, 0.15) is 12.3 Å². The molecule has 1 heterocycles. The van der Waals surface area contributed by atoms with Crippen molar-refractivity contribution < 1.29 is 17.9 Å². The third kappa shape index (κ3) is 5.95. The molecule has 35 heavy (non-hydrogen) atoms. The van der Waals surface area contributed by atoms with Crippen molar-refractivity contribution in [2.75, 3.05) is 42.0 Å². The van der Waals surface area contributed by atoms with Crippen LogP contribution in [0.4, 0.5) is 11.4 Å². The lowest BCUT2D eigenvalue weighted by Crippen LogP contribution is -2.41. The van der Waals surface area contributed by atoms with E-state index in [1.165, 1.54) is 23.4 Å². The molecule has 0 unspecified atom stereocenters. The van der Waals surface area contributed by atoms with Gasteiger partial charge in [-0.25, -0.2) is 8.42 Å². The molecule has 3 aromatic rings. The van der Waals surface area contributed by atoms with Gasteiger partial charge in [-0.15, -0.1) is 0 Å². The molecule has 4 rings (SSSR count). The van der Waals surface area contributed by atoms with Crippen molar-refractivity contribution in [2.45, 2.75) is 24.7 Å². The molecule has 0 aromatic heterocycles. The SMILES string of the molecule is CCOc1ccc(N(CC(=O)NCCCN2CCc3ccccc32)S(=O)(=O)c2ccccc2)cc1. The van der Waals surface area contributed by atoms with Gasteiger partial charge in [-0.1, -0.05) is 36.4 Å². The number of nitrogens with zero attached hydrogens (tertiary/aromatic N) is 2. The van der Waals surface area contributed by atoms with Crippen molar-refractivity contribution in [3.8, 4) is 5.75 Å². The van der Waals surface area contributed by atoms with Gasteiger partial charge < -0.3 is 15.0 Å². The molecule has 184 valence electrons. The highest BCUT2D eigenvalue weighted by molar-refractivity contribution is 7.92. The molecule has 1 aliphatic heterocycles. The normalized spacial score (nSPS) is 12.8. The predicted molar refractivity (Wildman–Crippen MR) is 139 cm³/mol. The van der Waals surface area contributed by atoms with E-state index in [4.69, 9.17) is 4.74 Å². The molecule has 8 heteroatoms. The van der Waals surface area contributed by atoms with Crippen molar-refractivity contribution in [1.82, 2.24) is 5.32 Å². The number of sulfonamides is 1. The van der Waals surface area contributed by atoms with Crippen LogP contribution in [0, 0.1) is 0 Å². The number of nitrogens with one attached hydrogen (secondary N) is 1. The Hall–Kier alpha value is -3.52. The van der Waals surface area contributed by atoms with Crippen LogP contribution in [-0.4, -0.2) is 47.1 Å². The van der Waals surface area contributed by atoms with Crippen molar-refractivity contribution >= 4 is 27.3 Å². The van der Waals surface area contributed by atoms with Crippen LogP contribution in [0.15, 0.2) is 83.8 Å². The number of fused-ring (bicyclic) bond motifs is 1. The Balaban J connectivity index is 1.40. The number of hydrogen-bond acceptors (Lipinski definition) is 5. The molecule has 3 aromatic carbocycles. The van der Waals surface area contributed by atoms with Gasteiger partial charge in [-0.3, -0.25) is 9.10 Å². The summed E-state index contributed by atoms with van der Waals surface area (Å²) in [4.78, 5) is 15.3. The summed E-state index contributed by atoms with van der Waals surface area (Å²) in [6.45, 7) is 4.37. The molecule has 0 atom stereocenters. The van der Waals surface area contributed by atoms with Gasteiger partial charge in [-0.05, 0) is 67.8 Å². The summed E-state index contributed by atoms with van der Waals surface area (Å²) in [5.41, 5.74) is 3.02. The minimum Gasteiger partial charge on any atom is -0.494 e. The zero-order valence-corrected chi connectivity index (χ0v) is 20.7. The third-order valence-corrected chi connectivity index (χ3v) is 7.75. The molecule has 0 bridgehead atoms. The maximum Gasteiger partial charge on any atom is 0.264 e. The summed E-state index contributed by atoms with van der Waals surface area (Å²) in [6.07, 6.45) is 1.81. The summed E-state index contributed by atoms with van der Waals surface area (Å²) in [5.74, 6) is 0.293.